The summed E-state index contributed by atoms with van der Waals surface area (Å²) < 4.78 is 5.28. The first kappa shape index (κ1) is 13.1. The fourth-order valence-electron chi connectivity index (χ4n) is 2.99. The lowest BCUT2D eigenvalue weighted by molar-refractivity contribution is -0.141. The van der Waals surface area contributed by atoms with Gasteiger partial charge in [0.15, 0.2) is 0 Å². The van der Waals surface area contributed by atoms with Crippen molar-refractivity contribution in [3.63, 3.8) is 0 Å². The summed E-state index contributed by atoms with van der Waals surface area (Å²) in [5.74, 6) is -0.316. The summed E-state index contributed by atoms with van der Waals surface area (Å²) in [6.07, 6.45) is 2.23. The van der Waals surface area contributed by atoms with E-state index in [1.165, 1.54) is 0 Å². The second-order valence-electron chi connectivity index (χ2n) is 5.18. The van der Waals surface area contributed by atoms with Gasteiger partial charge in [-0.05, 0) is 37.5 Å². The summed E-state index contributed by atoms with van der Waals surface area (Å²) in [6.45, 7) is 1.88. The summed E-state index contributed by atoms with van der Waals surface area (Å²) in [6, 6.07) is -0.868. The summed E-state index contributed by atoms with van der Waals surface area (Å²) in [4.78, 5) is 23.1. The number of carbonyl (C=O) groups is 2. The van der Waals surface area contributed by atoms with E-state index < -0.39 is 18.1 Å². The van der Waals surface area contributed by atoms with Gasteiger partial charge in [-0.25, -0.2) is 9.59 Å². The van der Waals surface area contributed by atoms with Crippen LogP contribution in [0.5, 0.6) is 0 Å². The molecule has 2 heterocycles. The van der Waals surface area contributed by atoms with Crippen molar-refractivity contribution in [2.75, 3.05) is 19.8 Å². The van der Waals surface area contributed by atoms with Crippen LogP contribution in [-0.2, 0) is 9.53 Å². The highest BCUT2D eigenvalue weighted by Gasteiger charge is 2.40. The van der Waals surface area contributed by atoms with Gasteiger partial charge < -0.3 is 14.9 Å². The standard InChI is InChI=1S/C12H19NO5/c14-11(15)10-6-9(7-13(10)12(16)17)5-8-1-3-18-4-2-8/h8-10H,1-7H2,(H,14,15)(H,16,17)/t9?,10-/m0/s1. The van der Waals surface area contributed by atoms with Crippen LogP contribution in [0.15, 0.2) is 0 Å². The first-order valence-corrected chi connectivity index (χ1v) is 6.38. The Labute approximate surface area is 106 Å². The highest BCUT2D eigenvalue weighted by atomic mass is 16.5. The Balaban J connectivity index is 1.91. The van der Waals surface area contributed by atoms with Crippen LogP contribution < -0.4 is 0 Å². The Morgan fingerprint density at radius 3 is 2.33 bits per heavy atom. The molecular formula is C12H19NO5. The Morgan fingerprint density at radius 1 is 1.17 bits per heavy atom. The van der Waals surface area contributed by atoms with Crippen molar-refractivity contribution in [1.29, 1.82) is 0 Å². The molecule has 0 aromatic heterocycles. The summed E-state index contributed by atoms with van der Waals surface area (Å²) in [5, 5.41) is 18.0. The van der Waals surface area contributed by atoms with Crippen LogP contribution in [0.3, 0.4) is 0 Å². The Bertz CT molecular complexity index is 304. The molecule has 0 spiro atoms. The number of carboxylic acids is 1. The molecule has 2 aliphatic heterocycles. The van der Waals surface area contributed by atoms with Gasteiger partial charge in [0.1, 0.15) is 6.04 Å². The highest BCUT2D eigenvalue weighted by Crippen LogP contribution is 2.32. The van der Waals surface area contributed by atoms with E-state index in [0.29, 0.717) is 18.9 Å². The minimum absolute atomic E-state index is 0.172. The van der Waals surface area contributed by atoms with E-state index in [2.05, 4.69) is 0 Å². The number of carboxylic acid groups (broad SMARTS) is 2. The third-order valence-electron chi connectivity index (χ3n) is 3.93. The van der Waals surface area contributed by atoms with Gasteiger partial charge in [-0.2, -0.15) is 0 Å². The number of rotatable bonds is 3. The minimum atomic E-state index is -1.13. The van der Waals surface area contributed by atoms with Gasteiger partial charge in [-0.1, -0.05) is 0 Å². The quantitative estimate of drug-likeness (QED) is 0.794. The molecule has 2 saturated heterocycles. The van der Waals surface area contributed by atoms with Crippen LogP contribution >= 0.6 is 0 Å². The van der Waals surface area contributed by atoms with Crippen molar-refractivity contribution >= 4 is 12.1 Å². The lowest BCUT2D eigenvalue weighted by Crippen LogP contribution is -2.39. The molecule has 0 radical (unpaired) electrons. The normalized spacial score (nSPS) is 29.4. The van der Waals surface area contributed by atoms with Gasteiger partial charge >= 0.3 is 12.1 Å². The van der Waals surface area contributed by atoms with Crippen LogP contribution in [0.2, 0.25) is 0 Å². The van der Waals surface area contributed by atoms with Crippen LogP contribution in [-0.4, -0.2) is 53.0 Å². The molecule has 18 heavy (non-hydrogen) atoms. The Hall–Kier alpha value is -1.30. The third kappa shape index (κ3) is 2.93. The predicted molar refractivity (Wildman–Crippen MR) is 62.4 cm³/mol. The van der Waals surface area contributed by atoms with Gasteiger partial charge in [0.25, 0.3) is 0 Å². The molecule has 0 aromatic rings. The largest absolute Gasteiger partial charge is 0.480 e. The Morgan fingerprint density at radius 2 is 1.83 bits per heavy atom. The molecule has 0 saturated carbocycles. The molecule has 1 unspecified atom stereocenters. The number of hydrogen-bond donors (Lipinski definition) is 2. The molecule has 1 amide bonds. The van der Waals surface area contributed by atoms with Crippen molar-refractivity contribution in [2.45, 2.75) is 31.7 Å². The van der Waals surface area contributed by atoms with Crippen molar-refractivity contribution in [2.24, 2.45) is 11.8 Å². The van der Waals surface area contributed by atoms with E-state index in [1.54, 1.807) is 0 Å². The monoisotopic (exact) mass is 257 g/mol. The van der Waals surface area contributed by atoms with E-state index in [9.17, 15) is 9.59 Å². The van der Waals surface area contributed by atoms with Gasteiger partial charge in [0, 0.05) is 19.8 Å². The second-order valence-corrected chi connectivity index (χ2v) is 5.18. The zero-order chi connectivity index (χ0) is 13.1. The lowest BCUT2D eigenvalue weighted by Gasteiger charge is -2.24. The number of amides is 1. The molecule has 0 bridgehead atoms. The molecular weight excluding hydrogens is 238 g/mol. The number of nitrogens with zero attached hydrogens (tertiary/aromatic N) is 1. The van der Waals surface area contributed by atoms with Crippen molar-refractivity contribution in [3.8, 4) is 0 Å². The Kier molecular flexibility index (Phi) is 4.06. The topological polar surface area (TPSA) is 87.1 Å². The zero-order valence-corrected chi connectivity index (χ0v) is 10.2. The van der Waals surface area contributed by atoms with Gasteiger partial charge in [0.2, 0.25) is 0 Å². The fraction of sp³-hybridized carbons (Fsp3) is 0.833. The average Bonchev–Trinajstić information content (AvgIpc) is 2.74. The van der Waals surface area contributed by atoms with Gasteiger partial charge in [-0.3, -0.25) is 4.90 Å². The predicted octanol–water partition coefficient (Wildman–Crippen LogP) is 1.26. The van der Waals surface area contributed by atoms with Crippen LogP contribution in [0.4, 0.5) is 4.79 Å². The van der Waals surface area contributed by atoms with Crippen LogP contribution in [0.1, 0.15) is 25.7 Å². The van der Waals surface area contributed by atoms with Gasteiger partial charge in [-0.15, -0.1) is 0 Å². The molecule has 2 fully saturated rings. The molecule has 0 aliphatic carbocycles. The molecule has 2 rings (SSSR count). The minimum Gasteiger partial charge on any atom is -0.480 e. The van der Waals surface area contributed by atoms with Crippen molar-refractivity contribution in [1.82, 2.24) is 4.90 Å². The maximum absolute atomic E-state index is 11.0. The number of likely N-dealkylation sites (tertiary alicyclic amines) is 1. The third-order valence-corrected chi connectivity index (χ3v) is 3.93. The van der Waals surface area contributed by atoms with Crippen LogP contribution in [0.25, 0.3) is 0 Å². The van der Waals surface area contributed by atoms with Gasteiger partial charge in [0.05, 0.1) is 0 Å². The number of aliphatic carboxylic acids is 1. The van der Waals surface area contributed by atoms with E-state index in [1.807, 2.05) is 0 Å². The lowest BCUT2D eigenvalue weighted by atomic mass is 9.88. The summed E-state index contributed by atoms with van der Waals surface area (Å²) in [7, 11) is 0. The van der Waals surface area contributed by atoms with Crippen molar-refractivity contribution in [3.05, 3.63) is 0 Å². The maximum Gasteiger partial charge on any atom is 0.408 e. The number of hydrogen-bond acceptors (Lipinski definition) is 3. The molecule has 6 nitrogen and oxygen atoms in total. The number of ether oxygens (including phenoxy) is 1. The van der Waals surface area contributed by atoms with E-state index in [0.717, 1.165) is 37.4 Å². The molecule has 2 N–H and O–H groups in total. The van der Waals surface area contributed by atoms with Crippen molar-refractivity contribution < 1.29 is 24.5 Å². The van der Waals surface area contributed by atoms with E-state index in [-0.39, 0.29) is 5.92 Å². The summed E-state index contributed by atoms with van der Waals surface area (Å²) >= 11 is 0. The first-order valence-electron chi connectivity index (χ1n) is 6.38. The summed E-state index contributed by atoms with van der Waals surface area (Å²) in [5.41, 5.74) is 0. The fourth-order valence-corrected chi connectivity index (χ4v) is 2.99. The SMILES string of the molecule is O=C(O)[C@@H]1CC(CC2CCOCC2)CN1C(=O)O. The second kappa shape index (κ2) is 5.56. The highest BCUT2D eigenvalue weighted by molar-refractivity contribution is 5.80. The first-order chi connectivity index (χ1) is 8.58. The average molecular weight is 257 g/mol. The molecule has 0 aromatic carbocycles. The molecule has 102 valence electrons. The molecule has 6 heteroatoms. The molecule has 2 atom stereocenters. The van der Waals surface area contributed by atoms with E-state index in [4.69, 9.17) is 14.9 Å². The zero-order valence-electron chi connectivity index (χ0n) is 10.2. The maximum atomic E-state index is 11.0. The van der Waals surface area contributed by atoms with Crippen LogP contribution in [0, 0.1) is 11.8 Å². The smallest absolute Gasteiger partial charge is 0.408 e. The molecule has 2 aliphatic rings. The van der Waals surface area contributed by atoms with E-state index >= 15 is 0 Å².